The fourth-order valence-corrected chi connectivity index (χ4v) is 7.87. The largest absolute Gasteiger partial charge is 0.115 e. The van der Waals surface area contributed by atoms with Crippen LogP contribution in [-0.2, 0) is 0 Å². The van der Waals surface area contributed by atoms with Gasteiger partial charge in [0.2, 0.25) is 0 Å². The van der Waals surface area contributed by atoms with Gasteiger partial charge in [0.1, 0.15) is 23.2 Å². The molecule has 0 aromatic heterocycles. The van der Waals surface area contributed by atoms with E-state index in [-0.39, 0.29) is 0 Å². The molecule has 3 aromatic rings. The zero-order valence-corrected chi connectivity index (χ0v) is 17.5. The van der Waals surface area contributed by atoms with Crippen molar-refractivity contribution >= 4 is 23.2 Å². The third-order valence-corrected chi connectivity index (χ3v) is 9.59. The Hall–Kier alpha value is -2.95. The molecule has 0 atom stereocenters. The van der Waals surface area contributed by atoms with E-state index in [1.54, 1.807) is 0 Å². The molecule has 0 amide bonds. The number of hydrogen-bond acceptors (Lipinski definition) is 0. The molecule has 29 heavy (non-hydrogen) atoms. The van der Waals surface area contributed by atoms with Crippen molar-refractivity contribution in [3.8, 4) is 0 Å². The van der Waals surface area contributed by atoms with Crippen molar-refractivity contribution < 1.29 is 0 Å². The number of rotatable bonds is 6. The van der Waals surface area contributed by atoms with Crippen LogP contribution in [0.5, 0.6) is 0 Å². The first kappa shape index (κ1) is 19.4. The third-order valence-electron chi connectivity index (χ3n) is 5.29. The van der Waals surface area contributed by atoms with Crippen molar-refractivity contribution in [2.24, 2.45) is 0 Å². The van der Waals surface area contributed by atoms with E-state index < -0.39 is 7.26 Å². The van der Waals surface area contributed by atoms with Crippen molar-refractivity contribution in [3.05, 3.63) is 139 Å². The van der Waals surface area contributed by atoms with Gasteiger partial charge in [-0.1, -0.05) is 91.1 Å². The highest BCUT2D eigenvalue weighted by Crippen LogP contribution is 2.55. The number of benzene rings is 3. The van der Waals surface area contributed by atoms with Crippen molar-refractivity contribution in [1.82, 2.24) is 0 Å². The molecule has 3 aromatic carbocycles. The lowest BCUT2D eigenvalue weighted by atomic mass is 10.1. The van der Waals surface area contributed by atoms with Crippen LogP contribution in [0.3, 0.4) is 0 Å². The summed E-state index contributed by atoms with van der Waals surface area (Å²) in [5.41, 5.74) is 1.26. The number of allylic oxidation sites excluding steroid dienone is 8. The highest BCUT2D eigenvalue weighted by molar-refractivity contribution is 7.95. The lowest BCUT2D eigenvalue weighted by Gasteiger charge is -2.26. The second-order valence-electron chi connectivity index (χ2n) is 7.13. The average molecular weight is 393 g/mol. The van der Waals surface area contributed by atoms with Gasteiger partial charge in [-0.15, -0.1) is 0 Å². The summed E-state index contributed by atoms with van der Waals surface area (Å²) in [6.45, 7) is 0. The molecule has 0 unspecified atom stereocenters. The molecule has 0 N–H and O–H groups in total. The Morgan fingerprint density at radius 3 is 1.52 bits per heavy atom. The fraction of sp³-hybridized carbons (Fsp3) is 0.0714. The molecule has 0 saturated carbocycles. The van der Waals surface area contributed by atoms with Gasteiger partial charge in [-0.25, -0.2) is 0 Å². The minimum absolute atomic E-state index is 1.00. The van der Waals surface area contributed by atoms with Gasteiger partial charge in [0.25, 0.3) is 0 Å². The Morgan fingerprint density at radius 2 is 1.07 bits per heavy atom. The molecule has 0 bridgehead atoms. The topological polar surface area (TPSA) is 0 Å². The van der Waals surface area contributed by atoms with Crippen LogP contribution in [0.4, 0.5) is 0 Å². The highest BCUT2D eigenvalue weighted by atomic mass is 31.2. The summed E-state index contributed by atoms with van der Waals surface area (Å²) in [5, 5.41) is 4.27. The van der Waals surface area contributed by atoms with Crippen molar-refractivity contribution in [3.63, 3.8) is 0 Å². The summed E-state index contributed by atoms with van der Waals surface area (Å²) < 4.78 is 0. The Bertz CT molecular complexity index is 915. The first-order chi connectivity index (χ1) is 14.4. The fourth-order valence-electron chi connectivity index (χ4n) is 3.86. The summed E-state index contributed by atoms with van der Waals surface area (Å²) in [7, 11) is -1.78. The minimum atomic E-state index is -1.78. The van der Waals surface area contributed by atoms with Crippen LogP contribution in [0.25, 0.3) is 0 Å². The van der Waals surface area contributed by atoms with Gasteiger partial charge in [-0.3, -0.25) is 0 Å². The number of hydrogen-bond donors (Lipinski definition) is 0. The lowest BCUT2D eigenvalue weighted by Crippen LogP contribution is -2.32. The van der Waals surface area contributed by atoms with E-state index in [1.807, 2.05) is 0 Å². The van der Waals surface area contributed by atoms with Crippen LogP contribution in [0.1, 0.15) is 6.42 Å². The maximum Gasteiger partial charge on any atom is 0.115 e. The molecule has 1 aliphatic rings. The van der Waals surface area contributed by atoms with Gasteiger partial charge in [0.05, 0.1) is 6.16 Å². The van der Waals surface area contributed by atoms with E-state index in [0.717, 1.165) is 12.6 Å². The van der Waals surface area contributed by atoms with Crippen LogP contribution >= 0.6 is 7.26 Å². The predicted molar refractivity (Wildman–Crippen MR) is 130 cm³/mol. The van der Waals surface area contributed by atoms with E-state index in [9.17, 15) is 0 Å². The molecule has 4 rings (SSSR count). The van der Waals surface area contributed by atoms with E-state index in [4.69, 9.17) is 0 Å². The monoisotopic (exact) mass is 393 g/mol. The van der Waals surface area contributed by atoms with Crippen LogP contribution in [0.15, 0.2) is 139 Å². The van der Waals surface area contributed by atoms with Gasteiger partial charge in [-0.05, 0) is 54.5 Å². The first-order valence-electron chi connectivity index (χ1n) is 10.1. The molecule has 0 spiro atoms. The molecule has 1 heteroatoms. The standard InChI is InChI=1S/C28H26P/c1-5-15-25(16-6-1)17-13-14-24-29(26-18-7-2-8-19-26,27-20-9-3-10-21-27)28-22-11-4-12-23-28/h2-23H,1,24H2/q+1. The van der Waals surface area contributed by atoms with Crippen LogP contribution in [0, 0.1) is 0 Å². The Labute approximate surface area is 175 Å². The van der Waals surface area contributed by atoms with E-state index in [1.165, 1.54) is 21.5 Å². The second kappa shape index (κ2) is 9.50. The Balaban J connectivity index is 1.80. The zero-order chi connectivity index (χ0) is 19.8. The summed E-state index contributed by atoms with van der Waals surface area (Å²) in [5.74, 6) is 0. The predicted octanol–water partition coefficient (Wildman–Crippen LogP) is 5.98. The van der Waals surface area contributed by atoms with Crippen molar-refractivity contribution in [1.29, 1.82) is 0 Å². The van der Waals surface area contributed by atoms with Crippen molar-refractivity contribution in [2.45, 2.75) is 6.42 Å². The molecule has 142 valence electrons. The minimum Gasteiger partial charge on any atom is -0.0801 e. The van der Waals surface area contributed by atoms with Gasteiger partial charge >= 0.3 is 0 Å². The molecule has 0 heterocycles. The van der Waals surface area contributed by atoms with Gasteiger partial charge < -0.3 is 0 Å². The Morgan fingerprint density at radius 1 is 0.621 bits per heavy atom. The molecular weight excluding hydrogens is 367 g/mol. The average Bonchev–Trinajstić information content (AvgIpc) is 2.82. The van der Waals surface area contributed by atoms with Gasteiger partial charge in [0.15, 0.2) is 0 Å². The van der Waals surface area contributed by atoms with Gasteiger partial charge in [0, 0.05) is 0 Å². The maximum absolute atomic E-state index is 2.35. The summed E-state index contributed by atoms with van der Waals surface area (Å²) >= 11 is 0. The first-order valence-corrected chi connectivity index (χ1v) is 12.1. The molecule has 1 aliphatic carbocycles. The SMILES string of the molecule is C(=CC[P+](c1ccccc1)(c1ccccc1)c1ccccc1)C=C1C=CCC=C1. The third kappa shape index (κ3) is 4.39. The van der Waals surface area contributed by atoms with Crippen LogP contribution < -0.4 is 15.9 Å². The van der Waals surface area contributed by atoms with Crippen LogP contribution in [0.2, 0.25) is 0 Å². The zero-order valence-electron chi connectivity index (χ0n) is 16.6. The summed E-state index contributed by atoms with van der Waals surface area (Å²) in [4.78, 5) is 0. The highest BCUT2D eigenvalue weighted by Gasteiger charge is 2.43. The summed E-state index contributed by atoms with van der Waals surface area (Å²) in [6, 6.07) is 33.1. The van der Waals surface area contributed by atoms with Gasteiger partial charge in [-0.2, -0.15) is 0 Å². The van der Waals surface area contributed by atoms with E-state index in [0.29, 0.717) is 0 Å². The molecular formula is C28H26P+. The van der Waals surface area contributed by atoms with Crippen LogP contribution in [-0.4, -0.2) is 6.16 Å². The molecule has 0 aliphatic heterocycles. The smallest absolute Gasteiger partial charge is 0.0801 e. The van der Waals surface area contributed by atoms with E-state index >= 15 is 0 Å². The van der Waals surface area contributed by atoms with E-state index in [2.05, 4.69) is 134 Å². The quantitative estimate of drug-likeness (QED) is 0.452. The van der Waals surface area contributed by atoms with Crippen molar-refractivity contribution in [2.75, 3.05) is 6.16 Å². The second-order valence-corrected chi connectivity index (χ2v) is 10.7. The molecule has 0 nitrogen and oxygen atoms in total. The molecule has 0 radical (unpaired) electrons. The normalized spacial score (nSPS) is 13.7. The summed E-state index contributed by atoms with van der Waals surface area (Å²) in [6.07, 6.45) is 17.6. The molecule has 0 fully saturated rings. The maximum atomic E-state index is 2.35. The molecule has 0 saturated heterocycles. The Kier molecular flexibility index (Phi) is 6.35. The lowest BCUT2D eigenvalue weighted by molar-refractivity contribution is 1.34.